The molecule has 1 heteroatoms. The predicted molar refractivity (Wildman–Crippen MR) is 44.5 cm³/mol. The molecule has 0 saturated carbocycles. The summed E-state index contributed by atoms with van der Waals surface area (Å²) < 4.78 is 0. The Bertz CT molecular complexity index is 276. The van der Waals surface area contributed by atoms with E-state index < -0.39 is 0 Å². The van der Waals surface area contributed by atoms with Crippen molar-refractivity contribution in [1.29, 1.82) is 0 Å². The zero-order chi connectivity index (χ0) is 6.97. The molecule has 0 spiro atoms. The Morgan fingerprint density at radius 1 is 1.50 bits per heavy atom. The third-order valence-electron chi connectivity index (χ3n) is 1.60. The van der Waals surface area contributed by atoms with Gasteiger partial charge in [-0.1, -0.05) is 30.0 Å². The first-order valence-electron chi connectivity index (χ1n) is 3.32. The summed E-state index contributed by atoms with van der Waals surface area (Å²) in [5.41, 5.74) is 1.43. The number of rotatable bonds is 2. The van der Waals surface area contributed by atoms with Crippen LogP contribution in [0.25, 0.3) is 0 Å². The van der Waals surface area contributed by atoms with Crippen LogP contribution in [0.5, 0.6) is 0 Å². The molecule has 0 radical (unpaired) electrons. The van der Waals surface area contributed by atoms with Gasteiger partial charge in [-0.05, 0) is 18.1 Å². The molecule has 1 aliphatic rings. The Balaban J connectivity index is 2.37. The fraction of sp³-hybridized carbons (Fsp3) is 0.111. The molecule has 1 aliphatic heterocycles. The summed E-state index contributed by atoms with van der Waals surface area (Å²) in [6.45, 7) is 3.71. The van der Waals surface area contributed by atoms with Crippen LogP contribution in [0.15, 0.2) is 40.6 Å². The highest BCUT2D eigenvalue weighted by Gasteiger charge is 2.20. The molecule has 0 N–H and O–H groups in total. The van der Waals surface area contributed by atoms with Gasteiger partial charge >= 0.3 is 0 Å². The molecule has 1 heterocycles. The van der Waals surface area contributed by atoms with Crippen molar-refractivity contribution < 1.29 is 0 Å². The van der Waals surface area contributed by atoms with E-state index >= 15 is 0 Å². The molecule has 10 heavy (non-hydrogen) atoms. The maximum absolute atomic E-state index is 3.71. The van der Waals surface area contributed by atoms with E-state index in [0.717, 1.165) is 6.42 Å². The van der Waals surface area contributed by atoms with Crippen LogP contribution < -0.4 is 0 Å². The molecule has 0 aromatic heterocycles. The molecule has 0 unspecified atom stereocenters. The van der Waals surface area contributed by atoms with Crippen molar-refractivity contribution in [3.05, 3.63) is 36.4 Å². The molecule has 0 atom stereocenters. The Labute approximate surface area is 65.0 Å². The Morgan fingerprint density at radius 3 is 3.20 bits per heavy atom. The third kappa shape index (κ3) is 0.868. The van der Waals surface area contributed by atoms with E-state index in [1.165, 1.54) is 15.4 Å². The zero-order valence-electron chi connectivity index (χ0n) is 5.63. The van der Waals surface area contributed by atoms with Gasteiger partial charge in [0.05, 0.1) is 0 Å². The Morgan fingerprint density at radius 2 is 2.40 bits per heavy atom. The van der Waals surface area contributed by atoms with Crippen molar-refractivity contribution in [2.45, 2.75) is 16.2 Å². The lowest BCUT2D eigenvalue weighted by Crippen LogP contribution is -1.76. The SMILES string of the molecule is C=CCc1cccc2c1S2. The summed E-state index contributed by atoms with van der Waals surface area (Å²) in [4.78, 5) is 2.92. The average Bonchev–Trinajstić information content (AvgIpc) is 2.67. The van der Waals surface area contributed by atoms with E-state index in [-0.39, 0.29) is 0 Å². The summed E-state index contributed by atoms with van der Waals surface area (Å²) in [7, 11) is 0. The predicted octanol–water partition coefficient (Wildman–Crippen LogP) is 2.88. The second-order valence-electron chi connectivity index (χ2n) is 2.34. The van der Waals surface area contributed by atoms with Crippen LogP contribution in [0.2, 0.25) is 0 Å². The highest BCUT2D eigenvalue weighted by molar-refractivity contribution is 8.05. The van der Waals surface area contributed by atoms with Gasteiger partial charge in [-0.25, -0.2) is 0 Å². The highest BCUT2D eigenvalue weighted by atomic mass is 32.2. The standard InChI is InChI=1S/C9H8S/c1-2-4-7-5-3-6-8-9(7)10-8/h2-3,5-6H,1,4H2. The molecular weight excluding hydrogens is 140 g/mol. The quantitative estimate of drug-likeness (QED) is 0.466. The summed E-state index contributed by atoms with van der Waals surface area (Å²) in [6, 6.07) is 6.44. The van der Waals surface area contributed by atoms with Crippen molar-refractivity contribution >= 4 is 11.8 Å². The molecule has 0 bridgehead atoms. The van der Waals surface area contributed by atoms with E-state index in [1.807, 2.05) is 17.8 Å². The summed E-state index contributed by atoms with van der Waals surface area (Å²) in [6.07, 6.45) is 2.96. The minimum atomic E-state index is 1.01. The first-order chi connectivity index (χ1) is 4.92. The van der Waals surface area contributed by atoms with Crippen LogP contribution in [0.3, 0.4) is 0 Å². The minimum absolute atomic E-state index is 1.01. The lowest BCUT2D eigenvalue weighted by molar-refractivity contribution is 1.17. The fourth-order valence-corrected chi connectivity index (χ4v) is 1.86. The normalized spacial score (nSPS) is 12.4. The summed E-state index contributed by atoms with van der Waals surface area (Å²) >= 11 is 1.88. The van der Waals surface area contributed by atoms with Gasteiger partial charge < -0.3 is 0 Å². The van der Waals surface area contributed by atoms with Crippen LogP contribution in [0.4, 0.5) is 0 Å². The van der Waals surface area contributed by atoms with Gasteiger partial charge in [-0.3, -0.25) is 0 Å². The Kier molecular flexibility index (Phi) is 1.31. The van der Waals surface area contributed by atoms with Gasteiger partial charge in [0, 0.05) is 9.79 Å². The first kappa shape index (κ1) is 6.05. The number of hydrogen-bond donors (Lipinski definition) is 0. The van der Waals surface area contributed by atoms with Crippen molar-refractivity contribution in [2.24, 2.45) is 0 Å². The van der Waals surface area contributed by atoms with E-state index in [4.69, 9.17) is 0 Å². The number of fused-ring (bicyclic) bond motifs is 1. The molecular formula is C9H8S. The molecule has 50 valence electrons. The van der Waals surface area contributed by atoms with Gasteiger partial charge in [-0.2, -0.15) is 0 Å². The number of benzene rings is 1. The maximum atomic E-state index is 3.71. The van der Waals surface area contributed by atoms with E-state index in [9.17, 15) is 0 Å². The lowest BCUT2D eigenvalue weighted by Gasteiger charge is -1.89. The van der Waals surface area contributed by atoms with Gasteiger partial charge in [0.25, 0.3) is 0 Å². The summed E-state index contributed by atoms with van der Waals surface area (Å²) in [5, 5.41) is 0. The second-order valence-corrected chi connectivity index (χ2v) is 3.39. The molecule has 0 saturated heterocycles. The molecule has 0 aliphatic carbocycles. The van der Waals surface area contributed by atoms with Gasteiger partial charge in [0.2, 0.25) is 0 Å². The van der Waals surface area contributed by atoms with Crippen molar-refractivity contribution in [2.75, 3.05) is 0 Å². The molecule has 1 aromatic rings. The van der Waals surface area contributed by atoms with Crippen LogP contribution in [-0.4, -0.2) is 0 Å². The molecule has 0 amide bonds. The van der Waals surface area contributed by atoms with Crippen LogP contribution >= 0.6 is 11.8 Å². The van der Waals surface area contributed by atoms with E-state index in [0.29, 0.717) is 0 Å². The smallest absolute Gasteiger partial charge is 0.0297 e. The highest BCUT2D eigenvalue weighted by Crippen LogP contribution is 2.50. The monoisotopic (exact) mass is 148 g/mol. The fourth-order valence-electron chi connectivity index (χ4n) is 1.06. The minimum Gasteiger partial charge on any atom is -0.103 e. The summed E-state index contributed by atoms with van der Waals surface area (Å²) in [5.74, 6) is 0. The van der Waals surface area contributed by atoms with Gasteiger partial charge in [-0.15, -0.1) is 6.58 Å². The number of hydrogen-bond acceptors (Lipinski definition) is 1. The van der Waals surface area contributed by atoms with E-state index in [2.05, 4.69) is 24.8 Å². The topological polar surface area (TPSA) is 0 Å². The average molecular weight is 148 g/mol. The Hall–Kier alpha value is -0.690. The lowest BCUT2D eigenvalue weighted by atomic mass is 10.2. The maximum Gasteiger partial charge on any atom is 0.0297 e. The van der Waals surface area contributed by atoms with Crippen LogP contribution in [-0.2, 0) is 6.42 Å². The molecule has 1 aromatic carbocycles. The van der Waals surface area contributed by atoms with Gasteiger partial charge in [0.1, 0.15) is 0 Å². The number of allylic oxidation sites excluding steroid dienone is 1. The molecule has 0 nitrogen and oxygen atoms in total. The third-order valence-corrected chi connectivity index (χ3v) is 2.64. The van der Waals surface area contributed by atoms with E-state index in [1.54, 1.807) is 0 Å². The zero-order valence-corrected chi connectivity index (χ0v) is 6.45. The van der Waals surface area contributed by atoms with Crippen molar-refractivity contribution in [3.8, 4) is 0 Å². The molecule has 2 rings (SSSR count). The van der Waals surface area contributed by atoms with Crippen LogP contribution in [0, 0.1) is 0 Å². The van der Waals surface area contributed by atoms with Crippen molar-refractivity contribution in [3.63, 3.8) is 0 Å². The van der Waals surface area contributed by atoms with Gasteiger partial charge in [0.15, 0.2) is 0 Å². The first-order valence-corrected chi connectivity index (χ1v) is 4.14. The second kappa shape index (κ2) is 2.17. The van der Waals surface area contributed by atoms with Crippen molar-refractivity contribution in [1.82, 2.24) is 0 Å². The molecule has 0 fully saturated rings. The largest absolute Gasteiger partial charge is 0.103 e. The van der Waals surface area contributed by atoms with Crippen LogP contribution in [0.1, 0.15) is 5.56 Å².